The summed E-state index contributed by atoms with van der Waals surface area (Å²) < 4.78 is 4.88. The first-order valence-corrected chi connectivity index (χ1v) is 4.08. The van der Waals surface area contributed by atoms with Crippen molar-refractivity contribution in [2.24, 2.45) is 0 Å². The standard InChI is InChI=1S/C11H12O2/c1-3-7-13-11(12)10-6-4-5-9(2)8-10/h3-6,8H,1,7H2,2H3. The third-order valence-electron chi connectivity index (χ3n) is 1.59. The summed E-state index contributed by atoms with van der Waals surface area (Å²) in [5.74, 6) is -0.302. The van der Waals surface area contributed by atoms with Gasteiger partial charge in [0.2, 0.25) is 0 Å². The first-order chi connectivity index (χ1) is 6.24. The summed E-state index contributed by atoms with van der Waals surface area (Å²) in [6, 6.07) is 7.30. The second kappa shape index (κ2) is 4.45. The van der Waals surface area contributed by atoms with Gasteiger partial charge in [0.1, 0.15) is 6.61 Å². The summed E-state index contributed by atoms with van der Waals surface area (Å²) >= 11 is 0. The van der Waals surface area contributed by atoms with Gasteiger partial charge in [-0.2, -0.15) is 0 Å². The van der Waals surface area contributed by atoms with E-state index < -0.39 is 0 Å². The fourth-order valence-corrected chi connectivity index (χ4v) is 0.990. The molecule has 0 N–H and O–H groups in total. The van der Waals surface area contributed by atoms with Crippen LogP contribution in [0.25, 0.3) is 0 Å². The van der Waals surface area contributed by atoms with E-state index in [-0.39, 0.29) is 12.6 Å². The van der Waals surface area contributed by atoms with Crippen LogP contribution in [0.1, 0.15) is 15.9 Å². The van der Waals surface area contributed by atoms with E-state index in [0.717, 1.165) is 5.56 Å². The molecule has 0 aromatic heterocycles. The van der Waals surface area contributed by atoms with Crippen LogP contribution in [0, 0.1) is 6.92 Å². The molecule has 13 heavy (non-hydrogen) atoms. The lowest BCUT2D eigenvalue weighted by Gasteiger charge is -2.01. The van der Waals surface area contributed by atoms with E-state index in [4.69, 9.17) is 4.74 Å². The lowest BCUT2D eigenvalue weighted by atomic mass is 10.1. The topological polar surface area (TPSA) is 26.3 Å². The zero-order chi connectivity index (χ0) is 9.68. The van der Waals surface area contributed by atoms with E-state index in [1.54, 1.807) is 18.2 Å². The van der Waals surface area contributed by atoms with E-state index in [1.807, 2.05) is 19.1 Å². The lowest BCUT2D eigenvalue weighted by molar-refractivity contribution is 0.0549. The molecule has 0 bridgehead atoms. The number of aryl methyl sites for hydroxylation is 1. The molecule has 0 saturated carbocycles. The Morgan fingerprint density at radius 2 is 2.38 bits per heavy atom. The molecule has 0 spiro atoms. The van der Waals surface area contributed by atoms with Crippen molar-refractivity contribution in [2.75, 3.05) is 6.61 Å². The summed E-state index contributed by atoms with van der Waals surface area (Å²) in [4.78, 5) is 11.3. The molecule has 0 saturated heterocycles. The van der Waals surface area contributed by atoms with Crippen molar-refractivity contribution in [2.45, 2.75) is 6.92 Å². The Kier molecular flexibility index (Phi) is 3.26. The summed E-state index contributed by atoms with van der Waals surface area (Å²) in [7, 11) is 0. The molecule has 1 rings (SSSR count). The molecule has 0 atom stereocenters. The van der Waals surface area contributed by atoms with Crippen molar-refractivity contribution >= 4 is 5.97 Å². The monoisotopic (exact) mass is 176 g/mol. The molecule has 0 heterocycles. The summed E-state index contributed by atoms with van der Waals surface area (Å²) in [6.07, 6.45) is 1.55. The van der Waals surface area contributed by atoms with Crippen molar-refractivity contribution < 1.29 is 9.53 Å². The van der Waals surface area contributed by atoms with Crippen molar-refractivity contribution in [1.29, 1.82) is 0 Å². The number of carbonyl (C=O) groups is 1. The first-order valence-electron chi connectivity index (χ1n) is 4.08. The molecule has 0 unspecified atom stereocenters. The molecule has 0 fully saturated rings. The highest BCUT2D eigenvalue weighted by atomic mass is 16.5. The highest BCUT2D eigenvalue weighted by Gasteiger charge is 2.04. The van der Waals surface area contributed by atoms with Crippen molar-refractivity contribution in [3.05, 3.63) is 48.0 Å². The molecular weight excluding hydrogens is 164 g/mol. The van der Waals surface area contributed by atoms with Gasteiger partial charge in [-0.3, -0.25) is 0 Å². The van der Waals surface area contributed by atoms with Crippen LogP contribution in [0.15, 0.2) is 36.9 Å². The van der Waals surface area contributed by atoms with Gasteiger partial charge in [0.05, 0.1) is 5.56 Å². The Hall–Kier alpha value is -1.57. The van der Waals surface area contributed by atoms with Crippen LogP contribution >= 0.6 is 0 Å². The fourth-order valence-electron chi connectivity index (χ4n) is 0.990. The van der Waals surface area contributed by atoms with Crippen LogP contribution in [-0.4, -0.2) is 12.6 Å². The van der Waals surface area contributed by atoms with Crippen LogP contribution in [-0.2, 0) is 4.74 Å². The highest BCUT2D eigenvalue weighted by Crippen LogP contribution is 2.05. The average Bonchev–Trinajstić information content (AvgIpc) is 2.14. The third kappa shape index (κ3) is 2.75. The molecule has 0 aliphatic rings. The second-order valence-corrected chi connectivity index (χ2v) is 2.76. The van der Waals surface area contributed by atoms with Crippen molar-refractivity contribution in [3.63, 3.8) is 0 Å². The van der Waals surface area contributed by atoms with Gasteiger partial charge < -0.3 is 4.74 Å². The van der Waals surface area contributed by atoms with Gasteiger partial charge >= 0.3 is 5.97 Å². The first kappa shape index (κ1) is 9.52. The zero-order valence-corrected chi connectivity index (χ0v) is 7.62. The number of hydrogen-bond donors (Lipinski definition) is 0. The molecule has 1 aromatic rings. The Bertz CT molecular complexity index is 316. The van der Waals surface area contributed by atoms with E-state index in [2.05, 4.69) is 6.58 Å². The third-order valence-corrected chi connectivity index (χ3v) is 1.59. The molecule has 0 aliphatic carbocycles. The van der Waals surface area contributed by atoms with Gasteiger partial charge in [0.15, 0.2) is 0 Å². The Balaban J connectivity index is 2.71. The van der Waals surface area contributed by atoms with Gasteiger partial charge in [-0.25, -0.2) is 4.79 Å². The number of esters is 1. The maximum Gasteiger partial charge on any atom is 0.338 e. The van der Waals surface area contributed by atoms with Crippen LogP contribution in [0.3, 0.4) is 0 Å². The molecule has 68 valence electrons. The average molecular weight is 176 g/mol. The number of ether oxygens (including phenoxy) is 1. The van der Waals surface area contributed by atoms with Gasteiger partial charge in [-0.1, -0.05) is 30.4 Å². The highest BCUT2D eigenvalue weighted by molar-refractivity contribution is 5.89. The zero-order valence-electron chi connectivity index (χ0n) is 7.62. The Morgan fingerprint density at radius 3 is 3.00 bits per heavy atom. The molecular formula is C11H12O2. The fraction of sp³-hybridized carbons (Fsp3) is 0.182. The van der Waals surface area contributed by atoms with E-state index >= 15 is 0 Å². The molecule has 0 aliphatic heterocycles. The number of benzene rings is 1. The quantitative estimate of drug-likeness (QED) is 0.522. The number of rotatable bonds is 3. The van der Waals surface area contributed by atoms with Crippen LogP contribution in [0.2, 0.25) is 0 Å². The smallest absolute Gasteiger partial charge is 0.338 e. The predicted molar refractivity (Wildman–Crippen MR) is 51.7 cm³/mol. The normalized spacial score (nSPS) is 9.31. The Morgan fingerprint density at radius 1 is 1.62 bits per heavy atom. The Labute approximate surface area is 77.8 Å². The minimum absolute atomic E-state index is 0.257. The van der Waals surface area contributed by atoms with Gasteiger partial charge in [-0.15, -0.1) is 0 Å². The minimum Gasteiger partial charge on any atom is -0.458 e. The summed E-state index contributed by atoms with van der Waals surface area (Å²) in [5, 5.41) is 0. The van der Waals surface area contributed by atoms with Crippen LogP contribution in [0.5, 0.6) is 0 Å². The SMILES string of the molecule is C=CCOC(=O)c1cccc(C)c1. The summed E-state index contributed by atoms with van der Waals surface area (Å²) in [6.45, 7) is 5.66. The molecule has 0 radical (unpaired) electrons. The largest absolute Gasteiger partial charge is 0.458 e. The van der Waals surface area contributed by atoms with Crippen LogP contribution < -0.4 is 0 Å². The molecule has 0 amide bonds. The lowest BCUT2D eigenvalue weighted by Crippen LogP contribution is -2.04. The van der Waals surface area contributed by atoms with E-state index in [1.165, 1.54) is 0 Å². The van der Waals surface area contributed by atoms with Crippen LogP contribution in [0.4, 0.5) is 0 Å². The maximum atomic E-state index is 11.3. The molecule has 1 aromatic carbocycles. The second-order valence-electron chi connectivity index (χ2n) is 2.76. The molecule has 2 heteroatoms. The van der Waals surface area contributed by atoms with E-state index in [9.17, 15) is 4.79 Å². The van der Waals surface area contributed by atoms with Crippen molar-refractivity contribution in [1.82, 2.24) is 0 Å². The van der Waals surface area contributed by atoms with Gasteiger partial charge in [-0.05, 0) is 19.1 Å². The molecule has 2 nitrogen and oxygen atoms in total. The van der Waals surface area contributed by atoms with Crippen molar-refractivity contribution in [3.8, 4) is 0 Å². The van der Waals surface area contributed by atoms with Gasteiger partial charge in [0, 0.05) is 0 Å². The number of carbonyl (C=O) groups excluding carboxylic acids is 1. The van der Waals surface area contributed by atoms with E-state index in [0.29, 0.717) is 5.56 Å². The minimum atomic E-state index is -0.302. The maximum absolute atomic E-state index is 11.3. The summed E-state index contributed by atoms with van der Waals surface area (Å²) in [5.41, 5.74) is 1.63. The number of hydrogen-bond acceptors (Lipinski definition) is 2. The predicted octanol–water partition coefficient (Wildman–Crippen LogP) is 2.34. The van der Waals surface area contributed by atoms with Gasteiger partial charge in [0.25, 0.3) is 0 Å².